The lowest BCUT2D eigenvalue weighted by Gasteiger charge is -2.34. The Labute approximate surface area is 224 Å². The zero-order valence-electron chi connectivity index (χ0n) is 23.2. The predicted molar refractivity (Wildman–Crippen MR) is 141 cm³/mol. The van der Waals surface area contributed by atoms with Gasteiger partial charge in [0.1, 0.15) is 11.5 Å². The molecule has 3 amide bonds. The highest BCUT2D eigenvalue weighted by Crippen LogP contribution is 2.33. The van der Waals surface area contributed by atoms with Gasteiger partial charge >= 0.3 is 0 Å². The van der Waals surface area contributed by atoms with E-state index in [2.05, 4.69) is 20.6 Å². The molecule has 1 aromatic heterocycles. The van der Waals surface area contributed by atoms with E-state index in [1.807, 2.05) is 20.8 Å². The van der Waals surface area contributed by atoms with Crippen molar-refractivity contribution in [3.63, 3.8) is 0 Å². The molecule has 4 atom stereocenters. The molecule has 1 saturated carbocycles. The Balaban J connectivity index is 1.78. The van der Waals surface area contributed by atoms with Crippen LogP contribution in [0.3, 0.4) is 0 Å². The number of carbonyl (C=O) groups excluding carboxylic acids is 5. The van der Waals surface area contributed by atoms with E-state index in [0.717, 1.165) is 32.1 Å². The maximum atomic E-state index is 13.8. The van der Waals surface area contributed by atoms with E-state index < -0.39 is 35.2 Å². The maximum absolute atomic E-state index is 13.8. The summed E-state index contributed by atoms with van der Waals surface area (Å²) in [6.07, 6.45) is 8.93. The summed E-state index contributed by atoms with van der Waals surface area (Å²) in [6.45, 7) is 9.14. The number of rotatable bonds is 9. The minimum absolute atomic E-state index is 0.0124. The number of likely N-dealkylation sites (tertiary alicyclic amines) is 1. The highest BCUT2D eigenvalue weighted by molar-refractivity contribution is 5.97. The van der Waals surface area contributed by atoms with Gasteiger partial charge in [0.15, 0.2) is 5.78 Å². The molecule has 38 heavy (non-hydrogen) atoms. The smallest absolute Gasteiger partial charge is 0.272 e. The Morgan fingerprint density at radius 1 is 1.03 bits per heavy atom. The van der Waals surface area contributed by atoms with Crippen molar-refractivity contribution in [2.75, 3.05) is 13.1 Å². The van der Waals surface area contributed by atoms with Gasteiger partial charge in [0.05, 0.1) is 24.2 Å². The van der Waals surface area contributed by atoms with E-state index in [1.54, 1.807) is 4.90 Å². The van der Waals surface area contributed by atoms with Gasteiger partial charge in [0, 0.05) is 44.7 Å². The minimum Gasteiger partial charge on any atom is -0.351 e. The number of hydrogen-bond donors (Lipinski definition) is 2. The van der Waals surface area contributed by atoms with E-state index in [1.165, 1.54) is 32.4 Å². The third-order valence-electron chi connectivity index (χ3n) is 7.93. The van der Waals surface area contributed by atoms with Gasteiger partial charge in [-0.15, -0.1) is 0 Å². The molecule has 0 aromatic carbocycles. The van der Waals surface area contributed by atoms with E-state index in [-0.39, 0.29) is 54.5 Å². The lowest BCUT2D eigenvalue weighted by atomic mass is 9.74. The van der Waals surface area contributed by atoms with Crippen LogP contribution in [0.4, 0.5) is 0 Å². The van der Waals surface area contributed by atoms with E-state index >= 15 is 0 Å². The maximum Gasteiger partial charge on any atom is 0.272 e. The second kappa shape index (κ2) is 12.6. The molecule has 10 heteroatoms. The number of hydrogen-bond acceptors (Lipinski definition) is 7. The van der Waals surface area contributed by atoms with Crippen LogP contribution in [0.1, 0.15) is 83.6 Å². The van der Waals surface area contributed by atoms with Gasteiger partial charge in [-0.3, -0.25) is 29.0 Å². The first-order valence-electron chi connectivity index (χ1n) is 13.5. The van der Waals surface area contributed by atoms with Crippen LogP contribution in [0.25, 0.3) is 0 Å². The Hall–Kier alpha value is -3.17. The number of aromatic nitrogens is 2. The second-order valence-electron chi connectivity index (χ2n) is 11.8. The van der Waals surface area contributed by atoms with Crippen LogP contribution in [0.2, 0.25) is 0 Å². The first-order valence-corrected chi connectivity index (χ1v) is 13.5. The molecule has 0 radical (unpaired) electrons. The Morgan fingerprint density at radius 2 is 1.71 bits per heavy atom. The van der Waals surface area contributed by atoms with Gasteiger partial charge in [-0.2, -0.15) is 0 Å². The quantitative estimate of drug-likeness (QED) is 0.503. The summed E-state index contributed by atoms with van der Waals surface area (Å²) < 4.78 is 0. The van der Waals surface area contributed by atoms with E-state index in [0.29, 0.717) is 0 Å². The lowest BCUT2D eigenvalue weighted by Crippen LogP contribution is -2.51. The average Bonchev–Trinajstić information content (AvgIpc) is 3.30. The van der Waals surface area contributed by atoms with Crippen molar-refractivity contribution in [1.82, 2.24) is 25.5 Å². The zero-order valence-corrected chi connectivity index (χ0v) is 23.2. The summed E-state index contributed by atoms with van der Waals surface area (Å²) in [5, 5.41) is 5.88. The predicted octanol–water partition coefficient (Wildman–Crippen LogP) is 2.33. The van der Waals surface area contributed by atoms with Gasteiger partial charge in [-0.1, -0.05) is 40.0 Å². The second-order valence-corrected chi connectivity index (χ2v) is 11.8. The van der Waals surface area contributed by atoms with Crippen molar-refractivity contribution in [3.05, 3.63) is 24.3 Å². The monoisotopic (exact) mass is 527 g/mol. The molecule has 208 valence electrons. The summed E-state index contributed by atoms with van der Waals surface area (Å²) in [6, 6.07) is -1.23. The molecule has 2 aliphatic rings. The fraction of sp³-hybridized carbons (Fsp3) is 0.679. The van der Waals surface area contributed by atoms with Crippen LogP contribution in [-0.4, -0.2) is 69.3 Å². The molecule has 2 N–H and O–H groups in total. The van der Waals surface area contributed by atoms with Crippen LogP contribution in [0.15, 0.2) is 18.6 Å². The number of nitrogens with zero attached hydrogens (tertiary/aromatic N) is 3. The first kappa shape index (κ1) is 29.4. The summed E-state index contributed by atoms with van der Waals surface area (Å²) in [5.74, 6) is -2.40. The Morgan fingerprint density at radius 3 is 2.26 bits per heavy atom. The third-order valence-corrected chi connectivity index (χ3v) is 7.93. The Bertz CT molecular complexity index is 1030. The summed E-state index contributed by atoms with van der Waals surface area (Å²) in [4.78, 5) is 74.0. The van der Waals surface area contributed by atoms with Crippen LogP contribution < -0.4 is 10.6 Å². The van der Waals surface area contributed by atoms with Gasteiger partial charge in [0.25, 0.3) is 5.91 Å². The molecule has 0 unspecified atom stereocenters. The topological polar surface area (TPSA) is 138 Å². The molecule has 2 fully saturated rings. The fourth-order valence-electron chi connectivity index (χ4n) is 5.58. The third kappa shape index (κ3) is 7.45. The van der Waals surface area contributed by atoms with Crippen LogP contribution in [-0.2, 0) is 19.2 Å². The van der Waals surface area contributed by atoms with Gasteiger partial charge in [0.2, 0.25) is 11.8 Å². The van der Waals surface area contributed by atoms with Crippen LogP contribution >= 0.6 is 0 Å². The normalized spacial score (nSPS) is 21.9. The zero-order chi connectivity index (χ0) is 28.0. The van der Waals surface area contributed by atoms with Crippen molar-refractivity contribution >= 4 is 29.3 Å². The van der Waals surface area contributed by atoms with Crippen molar-refractivity contribution in [2.45, 2.75) is 85.2 Å². The Kier molecular flexibility index (Phi) is 9.73. The molecule has 1 aliphatic heterocycles. The van der Waals surface area contributed by atoms with Crippen molar-refractivity contribution in [2.24, 2.45) is 23.2 Å². The molecule has 1 aliphatic carbocycles. The highest BCUT2D eigenvalue weighted by atomic mass is 16.2. The minimum atomic E-state index is -0.730. The summed E-state index contributed by atoms with van der Waals surface area (Å²) in [5.41, 5.74) is -0.422. The number of ketones is 2. The fourth-order valence-corrected chi connectivity index (χ4v) is 5.58. The van der Waals surface area contributed by atoms with Gasteiger partial charge < -0.3 is 15.5 Å². The molecule has 3 rings (SSSR count). The molecule has 2 heterocycles. The largest absolute Gasteiger partial charge is 0.351 e. The number of Topliss-reactive ketones (excluding diaryl/α,β-unsaturated/α-hetero) is 2. The molecule has 1 aromatic rings. The molecule has 10 nitrogen and oxygen atoms in total. The molecule has 0 bridgehead atoms. The van der Waals surface area contributed by atoms with Crippen LogP contribution in [0, 0.1) is 23.2 Å². The molecule has 1 saturated heterocycles. The SMILES string of the molecule is CC(=O)[C@@H]1CN(C(C)=O)C[C@@H]1NC(=O)[C@@H](CC(=O)[C@@H](NC(=O)c1cnccn1)C1CCCCC1)C(C)(C)C. The highest BCUT2D eigenvalue weighted by Gasteiger charge is 2.42. The van der Waals surface area contributed by atoms with Gasteiger partial charge in [-0.25, -0.2) is 4.98 Å². The van der Waals surface area contributed by atoms with Crippen LogP contribution in [0.5, 0.6) is 0 Å². The number of amides is 3. The molecular weight excluding hydrogens is 486 g/mol. The van der Waals surface area contributed by atoms with E-state index in [9.17, 15) is 24.0 Å². The molecule has 0 spiro atoms. The lowest BCUT2D eigenvalue weighted by molar-refractivity contribution is -0.135. The van der Waals surface area contributed by atoms with E-state index in [4.69, 9.17) is 0 Å². The number of carbonyl (C=O) groups is 5. The standard InChI is InChI=1S/C28H41N5O5/c1-17(34)20-15-33(18(2)35)16-23(20)31-26(37)21(28(3,4)5)13-24(36)25(19-9-7-6-8-10-19)32-27(38)22-14-29-11-12-30-22/h11-12,14,19-21,23,25H,6-10,13,15-16H2,1-5H3,(H,31,37)(H,32,38)/t20-,21+,23-,25-/m0/s1. The van der Waals surface area contributed by atoms with Gasteiger partial charge in [-0.05, 0) is 31.1 Å². The summed E-state index contributed by atoms with van der Waals surface area (Å²) in [7, 11) is 0. The average molecular weight is 528 g/mol. The van der Waals surface area contributed by atoms with Crippen molar-refractivity contribution in [3.8, 4) is 0 Å². The summed E-state index contributed by atoms with van der Waals surface area (Å²) >= 11 is 0. The van der Waals surface area contributed by atoms with Crippen molar-refractivity contribution in [1.29, 1.82) is 0 Å². The van der Waals surface area contributed by atoms with Crippen molar-refractivity contribution < 1.29 is 24.0 Å². The molecular formula is C28H41N5O5. The number of nitrogens with one attached hydrogen (secondary N) is 2. The first-order chi connectivity index (χ1) is 17.9.